The van der Waals surface area contributed by atoms with E-state index in [9.17, 15) is 14.4 Å². The number of carbonyl (C=O) groups excluding carboxylic acids is 3. The molecule has 1 spiro atoms. The van der Waals surface area contributed by atoms with E-state index in [1.807, 2.05) is 83.8 Å². The van der Waals surface area contributed by atoms with E-state index in [0.29, 0.717) is 11.3 Å². The molecule has 3 aliphatic rings. The van der Waals surface area contributed by atoms with Gasteiger partial charge in [0.1, 0.15) is 17.2 Å². The lowest BCUT2D eigenvalue weighted by atomic mass is 9.64. The van der Waals surface area contributed by atoms with Crippen LogP contribution in [0.2, 0.25) is 0 Å². The van der Waals surface area contributed by atoms with Crippen molar-refractivity contribution in [1.29, 1.82) is 0 Å². The first-order valence-corrected chi connectivity index (χ1v) is 12.6. The Morgan fingerprint density at radius 3 is 2.37 bits per heavy atom. The lowest BCUT2D eigenvalue weighted by Gasteiger charge is -2.37. The number of Topliss-reactive ketones (excluding diaryl/α,β-unsaturated/α-hetero) is 2. The van der Waals surface area contributed by atoms with Crippen LogP contribution < -0.4 is 10.2 Å². The number of pyridine rings is 1. The van der Waals surface area contributed by atoms with E-state index in [0.717, 1.165) is 16.8 Å². The highest BCUT2D eigenvalue weighted by atomic mass is 16.2. The van der Waals surface area contributed by atoms with Crippen molar-refractivity contribution in [3.8, 4) is 0 Å². The third kappa shape index (κ3) is 2.94. The van der Waals surface area contributed by atoms with Crippen molar-refractivity contribution in [3.63, 3.8) is 0 Å². The number of ketones is 2. The molecule has 3 aliphatic heterocycles. The van der Waals surface area contributed by atoms with Crippen molar-refractivity contribution in [2.24, 2.45) is 5.92 Å². The number of nitrogens with one attached hydrogen (secondary N) is 1. The molecule has 0 unspecified atom stereocenters. The van der Waals surface area contributed by atoms with Crippen molar-refractivity contribution in [1.82, 2.24) is 4.98 Å². The molecule has 4 atom stereocenters. The fourth-order valence-corrected chi connectivity index (χ4v) is 6.56. The maximum Gasteiger partial charge on any atom is 0.238 e. The van der Waals surface area contributed by atoms with Crippen LogP contribution in [-0.2, 0) is 10.2 Å². The minimum atomic E-state index is -1.33. The molecular formula is C32H23N3O3. The number of aromatic nitrogens is 1. The largest absolute Gasteiger partial charge is 0.352 e. The molecule has 1 aromatic heterocycles. The van der Waals surface area contributed by atoms with Gasteiger partial charge in [-0.2, -0.15) is 0 Å². The lowest BCUT2D eigenvalue weighted by molar-refractivity contribution is -0.121. The number of para-hydroxylation sites is 2. The Balaban J connectivity index is 1.55. The molecule has 3 aromatic carbocycles. The summed E-state index contributed by atoms with van der Waals surface area (Å²) in [7, 11) is 0. The molecule has 7 rings (SSSR count). The first kappa shape index (κ1) is 22.4. The molecule has 4 aromatic rings. The molecule has 6 nitrogen and oxygen atoms in total. The summed E-state index contributed by atoms with van der Waals surface area (Å²) < 4.78 is 0. The van der Waals surface area contributed by atoms with Crippen molar-refractivity contribution in [3.05, 3.63) is 132 Å². The average Bonchev–Trinajstić information content (AvgIpc) is 3.45. The minimum absolute atomic E-state index is 0.205. The number of amides is 1. The third-order valence-electron chi connectivity index (χ3n) is 8.07. The number of fused-ring (bicyclic) bond motifs is 6. The number of carbonyl (C=O) groups is 3. The van der Waals surface area contributed by atoms with Gasteiger partial charge in [-0.1, -0.05) is 84.9 Å². The van der Waals surface area contributed by atoms with Crippen LogP contribution in [0.15, 0.2) is 109 Å². The predicted octanol–water partition coefficient (Wildman–Crippen LogP) is 4.94. The van der Waals surface area contributed by atoms with E-state index in [2.05, 4.69) is 10.3 Å². The van der Waals surface area contributed by atoms with Crippen LogP contribution in [0.4, 0.5) is 11.4 Å². The molecule has 1 fully saturated rings. The van der Waals surface area contributed by atoms with Crippen LogP contribution in [0.1, 0.15) is 32.0 Å². The maximum absolute atomic E-state index is 14.5. The fraction of sp³-hybridized carbons (Fsp3) is 0.125. The van der Waals surface area contributed by atoms with Crippen LogP contribution in [-0.4, -0.2) is 34.5 Å². The average molecular weight is 498 g/mol. The summed E-state index contributed by atoms with van der Waals surface area (Å²) >= 11 is 0. The number of hydrogen-bond donors (Lipinski definition) is 1. The summed E-state index contributed by atoms with van der Waals surface area (Å²) in [5, 5.41) is 3.04. The van der Waals surface area contributed by atoms with Crippen LogP contribution in [0.3, 0.4) is 0 Å². The topological polar surface area (TPSA) is 79.4 Å². The first-order valence-electron chi connectivity index (χ1n) is 12.6. The smallest absolute Gasteiger partial charge is 0.238 e. The van der Waals surface area contributed by atoms with Gasteiger partial charge in [-0.15, -0.1) is 0 Å². The zero-order chi connectivity index (χ0) is 25.9. The molecule has 0 aliphatic carbocycles. The van der Waals surface area contributed by atoms with Crippen LogP contribution in [0, 0.1) is 5.92 Å². The van der Waals surface area contributed by atoms with Crippen LogP contribution in [0.25, 0.3) is 6.08 Å². The Bertz CT molecular complexity index is 1630. The molecule has 1 N–H and O–H groups in total. The van der Waals surface area contributed by atoms with Gasteiger partial charge in [0, 0.05) is 23.1 Å². The Labute approximate surface area is 219 Å². The predicted molar refractivity (Wildman–Crippen MR) is 145 cm³/mol. The maximum atomic E-state index is 14.5. The van der Waals surface area contributed by atoms with Gasteiger partial charge in [0.2, 0.25) is 5.91 Å². The lowest BCUT2D eigenvalue weighted by Crippen LogP contribution is -2.51. The van der Waals surface area contributed by atoms with Crippen molar-refractivity contribution in [2.45, 2.75) is 17.5 Å². The first-order chi connectivity index (χ1) is 18.6. The number of nitrogens with zero attached hydrogens (tertiary/aromatic N) is 2. The van der Waals surface area contributed by atoms with Crippen molar-refractivity contribution in [2.75, 3.05) is 10.2 Å². The zero-order valence-corrected chi connectivity index (χ0v) is 20.3. The Morgan fingerprint density at radius 2 is 1.55 bits per heavy atom. The van der Waals surface area contributed by atoms with Gasteiger partial charge < -0.3 is 10.2 Å². The van der Waals surface area contributed by atoms with Gasteiger partial charge >= 0.3 is 0 Å². The Morgan fingerprint density at radius 1 is 0.816 bits per heavy atom. The summed E-state index contributed by atoms with van der Waals surface area (Å²) in [6.07, 6.45) is 5.53. The molecule has 38 heavy (non-hydrogen) atoms. The number of hydrogen-bond acceptors (Lipinski definition) is 5. The molecule has 1 saturated heterocycles. The molecule has 0 bridgehead atoms. The standard InChI is InChI=1S/C32H23N3O3/c36-29(21-11-2-1-3-12-21)28-27(30(37)24-15-8-9-19-33-24)32(22-13-5-6-14-23(22)34-31(32)38)26-18-17-20-10-4-7-16-25(20)35(26)28/h1-19,26-28H,(H,34,38)/t26-,27-,28-,32+/m1/s1. The second kappa shape index (κ2) is 8.35. The van der Waals surface area contributed by atoms with E-state index in [1.165, 1.54) is 0 Å². The van der Waals surface area contributed by atoms with E-state index in [4.69, 9.17) is 0 Å². The second-order valence-corrected chi connectivity index (χ2v) is 9.87. The molecular weight excluding hydrogens is 474 g/mol. The van der Waals surface area contributed by atoms with Crippen LogP contribution >= 0.6 is 0 Å². The third-order valence-corrected chi connectivity index (χ3v) is 8.07. The summed E-state index contributed by atoms with van der Waals surface area (Å²) in [6, 6.07) is 27.9. The quantitative estimate of drug-likeness (QED) is 0.404. The van der Waals surface area contributed by atoms with Crippen molar-refractivity contribution < 1.29 is 14.4 Å². The summed E-state index contributed by atoms with van der Waals surface area (Å²) in [4.78, 5) is 49.5. The highest BCUT2D eigenvalue weighted by molar-refractivity contribution is 6.18. The second-order valence-electron chi connectivity index (χ2n) is 9.87. The van der Waals surface area contributed by atoms with E-state index < -0.39 is 23.4 Å². The molecule has 0 saturated carbocycles. The number of anilines is 2. The van der Waals surface area contributed by atoms with Gasteiger partial charge in [0.15, 0.2) is 11.6 Å². The monoisotopic (exact) mass is 497 g/mol. The van der Waals surface area contributed by atoms with Gasteiger partial charge in [-0.3, -0.25) is 19.4 Å². The summed E-state index contributed by atoms with van der Waals surface area (Å²) in [6.45, 7) is 0. The number of rotatable bonds is 4. The van der Waals surface area contributed by atoms with E-state index in [-0.39, 0.29) is 23.2 Å². The minimum Gasteiger partial charge on any atom is -0.352 e. The van der Waals surface area contributed by atoms with Crippen LogP contribution in [0.5, 0.6) is 0 Å². The molecule has 1 amide bonds. The van der Waals surface area contributed by atoms with Gasteiger partial charge in [0.25, 0.3) is 0 Å². The van der Waals surface area contributed by atoms with Crippen molar-refractivity contribution >= 4 is 34.9 Å². The Kier molecular flexibility index (Phi) is 4.91. The molecule has 6 heteroatoms. The van der Waals surface area contributed by atoms with Gasteiger partial charge in [-0.05, 0) is 35.4 Å². The van der Waals surface area contributed by atoms with Gasteiger partial charge in [-0.25, -0.2) is 0 Å². The highest BCUT2D eigenvalue weighted by Gasteiger charge is 2.70. The Hall–Kier alpha value is -4.84. The van der Waals surface area contributed by atoms with E-state index in [1.54, 1.807) is 36.5 Å². The molecule has 0 radical (unpaired) electrons. The molecule has 4 heterocycles. The SMILES string of the molecule is O=C(c1ccccc1)[C@H]1[C@H](C(=O)c2ccccn2)[C@@]2(C(=O)Nc3ccccc32)[C@H]2C=Cc3ccccc3N12. The normalized spacial score (nSPS) is 24.5. The molecule has 184 valence electrons. The number of benzene rings is 3. The fourth-order valence-electron chi connectivity index (χ4n) is 6.56. The summed E-state index contributed by atoms with van der Waals surface area (Å²) in [5.41, 5.74) is 2.54. The zero-order valence-electron chi connectivity index (χ0n) is 20.3. The highest BCUT2D eigenvalue weighted by Crippen LogP contribution is 2.58. The van der Waals surface area contributed by atoms with E-state index >= 15 is 0 Å². The van der Waals surface area contributed by atoms with Gasteiger partial charge in [0.05, 0.1) is 12.0 Å². The summed E-state index contributed by atoms with van der Waals surface area (Å²) in [5.74, 6) is -1.83.